The average molecular weight is 279 g/mol. The molecule has 1 saturated heterocycles. The molecular formula is C11H25N3O3S. The van der Waals surface area contributed by atoms with Crippen molar-refractivity contribution in [1.82, 2.24) is 9.03 Å². The van der Waals surface area contributed by atoms with Gasteiger partial charge in [-0.2, -0.15) is 17.4 Å². The van der Waals surface area contributed by atoms with Crippen molar-refractivity contribution < 1.29 is 13.2 Å². The average Bonchev–Trinajstić information content (AvgIpc) is 2.36. The van der Waals surface area contributed by atoms with Crippen LogP contribution in [0.15, 0.2) is 0 Å². The number of ether oxygens (including phenoxy) is 1. The maximum absolute atomic E-state index is 12.1. The monoisotopic (exact) mass is 279 g/mol. The summed E-state index contributed by atoms with van der Waals surface area (Å²) in [6, 6.07) is -0.206. The summed E-state index contributed by atoms with van der Waals surface area (Å²) >= 11 is 0. The van der Waals surface area contributed by atoms with Crippen molar-refractivity contribution in [3.05, 3.63) is 0 Å². The normalized spacial score (nSPS) is 21.1. The van der Waals surface area contributed by atoms with Crippen LogP contribution >= 0.6 is 0 Å². The number of nitrogens with zero attached hydrogens (tertiary/aromatic N) is 1. The summed E-state index contributed by atoms with van der Waals surface area (Å²) < 4.78 is 33.5. The lowest BCUT2D eigenvalue weighted by atomic mass is 9.99. The van der Waals surface area contributed by atoms with E-state index in [1.165, 1.54) is 4.31 Å². The number of rotatable bonds is 7. The molecule has 0 radical (unpaired) electrons. The standard InChI is InChI=1S/C11H25N3O3S/c1-3-17-9-10(2)13-18(15,16)14-6-4-11(8-12)5-7-14/h10-11,13H,3-9,12H2,1-2H3. The number of nitrogens with two attached hydrogens (primary N) is 1. The Kier molecular flexibility index (Phi) is 6.51. The Labute approximate surface area is 110 Å². The van der Waals surface area contributed by atoms with Crippen LogP contribution in [0.3, 0.4) is 0 Å². The van der Waals surface area contributed by atoms with Crippen molar-refractivity contribution in [3.8, 4) is 0 Å². The highest BCUT2D eigenvalue weighted by Crippen LogP contribution is 2.17. The predicted octanol–water partition coefficient (Wildman–Crippen LogP) is -0.0835. The molecule has 1 heterocycles. The summed E-state index contributed by atoms with van der Waals surface area (Å²) in [4.78, 5) is 0. The van der Waals surface area contributed by atoms with Gasteiger partial charge in [-0.25, -0.2) is 0 Å². The third-order valence-electron chi connectivity index (χ3n) is 3.17. The summed E-state index contributed by atoms with van der Waals surface area (Å²) in [6.45, 7) is 6.43. The van der Waals surface area contributed by atoms with Gasteiger partial charge in [-0.3, -0.25) is 0 Å². The molecule has 0 aromatic carbocycles. The minimum absolute atomic E-state index is 0.206. The summed E-state index contributed by atoms with van der Waals surface area (Å²) in [6.07, 6.45) is 1.69. The third-order valence-corrected chi connectivity index (χ3v) is 4.91. The van der Waals surface area contributed by atoms with E-state index < -0.39 is 10.2 Å². The maximum Gasteiger partial charge on any atom is 0.279 e. The summed E-state index contributed by atoms with van der Waals surface area (Å²) in [7, 11) is -3.38. The number of hydrogen-bond acceptors (Lipinski definition) is 4. The van der Waals surface area contributed by atoms with Crippen LogP contribution in [0, 0.1) is 5.92 Å². The number of nitrogens with one attached hydrogen (secondary N) is 1. The van der Waals surface area contributed by atoms with E-state index in [0.29, 0.717) is 38.8 Å². The molecular weight excluding hydrogens is 254 g/mol. The van der Waals surface area contributed by atoms with Crippen LogP contribution in [-0.4, -0.2) is 51.6 Å². The first-order valence-electron chi connectivity index (χ1n) is 6.54. The second-order valence-electron chi connectivity index (χ2n) is 4.76. The van der Waals surface area contributed by atoms with Crippen molar-refractivity contribution in [2.75, 3.05) is 32.8 Å². The maximum atomic E-state index is 12.1. The van der Waals surface area contributed by atoms with Crippen molar-refractivity contribution in [2.45, 2.75) is 32.7 Å². The van der Waals surface area contributed by atoms with Gasteiger partial charge in [0.1, 0.15) is 0 Å². The second-order valence-corrected chi connectivity index (χ2v) is 6.46. The van der Waals surface area contributed by atoms with Crippen LogP contribution < -0.4 is 10.5 Å². The predicted molar refractivity (Wildman–Crippen MR) is 71.4 cm³/mol. The van der Waals surface area contributed by atoms with E-state index in [1.807, 2.05) is 6.92 Å². The van der Waals surface area contributed by atoms with Crippen molar-refractivity contribution in [3.63, 3.8) is 0 Å². The molecule has 1 atom stereocenters. The van der Waals surface area contributed by atoms with Crippen LogP contribution in [0.1, 0.15) is 26.7 Å². The lowest BCUT2D eigenvalue weighted by Gasteiger charge is -2.31. The number of hydrogen-bond donors (Lipinski definition) is 2. The first kappa shape index (κ1) is 15.8. The van der Waals surface area contributed by atoms with Crippen LogP contribution in [0.25, 0.3) is 0 Å². The van der Waals surface area contributed by atoms with E-state index in [0.717, 1.165) is 12.8 Å². The third kappa shape index (κ3) is 4.81. The van der Waals surface area contributed by atoms with E-state index in [-0.39, 0.29) is 6.04 Å². The van der Waals surface area contributed by atoms with E-state index in [9.17, 15) is 8.42 Å². The highest BCUT2D eigenvalue weighted by Gasteiger charge is 2.28. The summed E-state index contributed by atoms with van der Waals surface area (Å²) in [5, 5.41) is 0. The van der Waals surface area contributed by atoms with Crippen molar-refractivity contribution in [1.29, 1.82) is 0 Å². The molecule has 0 saturated carbocycles. The van der Waals surface area contributed by atoms with Crippen LogP contribution in [0.2, 0.25) is 0 Å². The van der Waals surface area contributed by atoms with Crippen LogP contribution in [-0.2, 0) is 14.9 Å². The van der Waals surface area contributed by atoms with Gasteiger partial charge in [0.15, 0.2) is 0 Å². The fraction of sp³-hybridized carbons (Fsp3) is 1.00. The molecule has 1 rings (SSSR count). The largest absolute Gasteiger partial charge is 0.380 e. The Balaban J connectivity index is 2.44. The number of piperidine rings is 1. The molecule has 0 aliphatic carbocycles. The highest BCUT2D eigenvalue weighted by atomic mass is 32.2. The zero-order chi connectivity index (χ0) is 13.6. The van der Waals surface area contributed by atoms with E-state index in [2.05, 4.69) is 4.72 Å². The molecule has 0 spiro atoms. The molecule has 7 heteroatoms. The molecule has 0 amide bonds. The van der Waals surface area contributed by atoms with E-state index in [1.54, 1.807) is 6.92 Å². The van der Waals surface area contributed by atoms with E-state index in [4.69, 9.17) is 10.5 Å². The van der Waals surface area contributed by atoms with Gasteiger partial charge in [0, 0.05) is 25.7 Å². The zero-order valence-corrected chi connectivity index (χ0v) is 12.1. The van der Waals surface area contributed by atoms with Gasteiger partial charge in [-0.05, 0) is 39.2 Å². The molecule has 1 fully saturated rings. The lowest BCUT2D eigenvalue weighted by molar-refractivity contribution is 0.132. The molecule has 6 nitrogen and oxygen atoms in total. The minimum Gasteiger partial charge on any atom is -0.380 e. The lowest BCUT2D eigenvalue weighted by Crippen LogP contribution is -2.49. The molecule has 3 N–H and O–H groups in total. The van der Waals surface area contributed by atoms with Crippen LogP contribution in [0.4, 0.5) is 0 Å². The van der Waals surface area contributed by atoms with Gasteiger partial charge in [0.05, 0.1) is 6.61 Å². The van der Waals surface area contributed by atoms with Gasteiger partial charge in [0.25, 0.3) is 10.2 Å². The second kappa shape index (κ2) is 7.40. The Morgan fingerprint density at radius 3 is 2.56 bits per heavy atom. The van der Waals surface area contributed by atoms with Gasteiger partial charge in [0.2, 0.25) is 0 Å². The van der Waals surface area contributed by atoms with Gasteiger partial charge in [-0.15, -0.1) is 0 Å². The highest BCUT2D eigenvalue weighted by molar-refractivity contribution is 7.87. The Morgan fingerprint density at radius 1 is 1.44 bits per heavy atom. The molecule has 108 valence electrons. The topological polar surface area (TPSA) is 84.7 Å². The summed E-state index contributed by atoms with van der Waals surface area (Å²) in [5.41, 5.74) is 5.59. The van der Waals surface area contributed by atoms with E-state index >= 15 is 0 Å². The molecule has 0 aromatic heterocycles. The molecule has 0 aromatic rings. The van der Waals surface area contributed by atoms with Gasteiger partial charge in [-0.1, -0.05) is 0 Å². The molecule has 18 heavy (non-hydrogen) atoms. The zero-order valence-electron chi connectivity index (χ0n) is 11.3. The smallest absolute Gasteiger partial charge is 0.279 e. The van der Waals surface area contributed by atoms with Gasteiger partial charge >= 0.3 is 0 Å². The quantitative estimate of drug-likeness (QED) is 0.682. The minimum atomic E-state index is -3.38. The van der Waals surface area contributed by atoms with Crippen molar-refractivity contribution in [2.24, 2.45) is 11.7 Å². The molecule has 1 aliphatic heterocycles. The molecule has 1 aliphatic rings. The van der Waals surface area contributed by atoms with Gasteiger partial charge < -0.3 is 10.5 Å². The first-order chi connectivity index (χ1) is 8.49. The SMILES string of the molecule is CCOCC(C)NS(=O)(=O)N1CCC(CN)CC1. The van der Waals surface area contributed by atoms with Crippen molar-refractivity contribution >= 4 is 10.2 Å². The molecule has 0 bridgehead atoms. The first-order valence-corrected chi connectivity index (χ1v) is 7.98. The Bertz CT molecular complexity index is 326. The fourth-order valence-corrected chi connectivity index (χ4v) is 3.46. The molecule has 1 unspecified atom stereocenters. The van der Waals surface area contributed by atoms with Crippen LogP contribution in [0.5, 0.6) is 0 Å². The Morgan fingerprint density at radius 2 is 2.06 bits per heavy atom. The summed E-state index contributed by atoms with van der Waals surface area (Å²) in [5.74, 6) is 0.456. The fourth-order valence-electron chi connectivity index (χ4n) is 2.04. The Hall–Kier alpha value is -0.210.